The van der Waals surface area contributed by atoms with Crippen LogP contribution in [0.3, 0.4) is 0 Å². The molecule has 0 aliphatic carbocycles. The minimum absolute atomic E-state index is 0.0449. The second kappa shape index (κ2) is 5.82. The second-order valence-corrected chi connectivity index (χ2v) is 8.46. The molecule has 2 rings (SSSR count). The van der Waals surface area contributed by atoms with Crippen LogP contribution < -0.4 is 4.72 Å². The molecule has 0 bridgehead atoms. The Bertz CT molecular complexity index is 703. The summed E-state index contributed by atoms with van der Waals surface area (Å²) in [4.78, 5) is 8.53. The third-order valence-corrected chi connectivity index (χ3v) is 5.49. The maximum atomic E-state index is 12.2. The van der Waals surface area contributed by atoms with Gasteiger partial charge in [0.2, 0.25) is 10.0 Å². The third kappa shape index (κ3) is 3.87. The van der Waals surface area contributed by atoms with Gasteiger partial charge in [-0.05, 0) is 19.1 Å². The molecule has 0 radical (unpaired) electrons. The average molecular weight is 325 g/mol. The van der Waals surface area contributed by atoms with Crippen molar-refractivity contribution in [2.24, 2.45) is 0 Å². The van der Waals surface area contributed by atoms with E-state index in [9.17, 15) is 8.42 Å². The van der Waals surface area contributed by atoms with Gasteiger partial charge in [0.15, 0.2) is 0 Å². The number of thiazole rings is 1. The number of aromatic nitrogens is 2. The summed E-state index contributed by atoms with van der Waals surface area (Å²) in [5.74, 6) is 0. The summed E-state index contributed by atoms with van der Waals surface area (Å²) in [7, 11) is -3.58. The average Bonchev–Trinajstić information content (AvgIpc) is 2.89. The minimum atomic E-state index is -3.58. The topological polar surface area (TPSA) is 72.0 Å². The Labute approximate surface area is 129 Å². The summed E-state index contributed by atoms with van der Waals surface area (Å²) in [6.45, 7) is 8.03. The van der Waals surface area contributed by atoms with Crippen LogP contribution in [0.15, 0.2) is 34.8 Å². The van der Waals surface area contributed by atoms with Crippen molar-refractivity contribution < 1.29 is 8.42 Å². The van der Waals surface area contributed by atoms with Gasteiger partial charge >= 0.3 is 0 Å². The highest BCUT2D eigenvalue weighted by Crippen LogP contribution is 2.27. The number of nitrogens with one attached hydrogen (secondary N) is 1. The molecule has 0 aliphatic heterocycles. The molecule has 114 valence electrons. The lowest BCUT2D eigenvalue weighted by Crippen LogP contribution is -2.27. The van der Waals surface area contributed by atoms with Crippen LogP contribution in [0.25, 0.3) is 0 Å². The Balaban J connectivity index is 2.18. The van der Waals surface area contributed by atoms with Crippen LogP contribution >= 0.6 is 11.3 Å². The molecule has 0 aromatic carbocycles. The van der Waals surface area contributed by atoms with E-state index in [-0.39, 0.29) is 16.4 Å². The van der Waals surface area contributed by atoms with Crippen molar-refractivity contribution in [3.05, 3.63) is 40.6 Å². The van der Waals surface area contributed by atoms with E-state index >= 15 is 0 Å². The fourth-order valence-electron chi connectivity index (χ4n) is 1.69. The van der Waals surface area contributed by atoms with Gasteiger partial charge in [-0.25, -0.2) is 18.1 Å². The van der Waals surface area contributed by atoms with Gasteiger partial charge in [0, 0.05) is 23.2 Å². The lowest BCUT2D eigenvalue weighted by Gasteiger charge is -2.15. The van der Waals surface area contributed by atoms with E-state index in [4.69, 9.17) is 0 Å². The lowest BCUT2D eigenvalue weighted by molar-refractivity contribution is 0.556. The molecule has 0 fully saturated rings. The largest absolute Gasteiger partial charge is 0.263 e. The molecule has 2 aromatic rings. The maximum Gasteiger partial charge on any atom is 0.242 e. The predicted molar refractivity (Wildman–Crippen MR) is 83.8 cm³/mol. The number of hydrogen-bond donors (Lipinski definition) is 1. The van der Waals surface area contributed by atoms with E-state index in [0.29, 0.717) is 0 Å². The number of rotatable bonds is 4. The Kier molecular flexibility index (Phi) is 4.46. The number of pyridine rings is 1. The van der Waals surface area contributed by atoms with E-state index in [0.717, 1.165) is 10.7 Å². The van der Waals surface area contributed by atoms with Crippen LogP contribution in [0, 0.1) is 0 Å². The normalized spacial score (nSPS) is 14.1. The van der Waals surface area contributed by atoms with E-state index in [1.165, 1.54) is 23.6 Å². The van der Waals surface area contributed by atoms with Crippen molar-refractivity contribution in [3.8, 4) is 0 Å². The van der Waals surface area contributed by atoms with Crippen molar-refractivity contribution in [3.63, 3.8) is 0 Å². The van der Waals surface area contributed by atoms with E-state index in [1.54, 1.807) is 19.2 Å². The zero-order valence-corrected chi connectivity index (χ0v) is 14.1. The van der Waals surface area contributed by atoms with Crippen LogP contribution in [0.4, 0.5) is 0 Å². The quantitative estimate of drug-likeness (QED) is 0.938. The van der Waals surface area contributed by atoms with Gasteiger partial charge in [-0.2, -0.15) is 0 Å². The highest BCUT2D eigenvalue weighted by Gasteiger charge is 2.23. The monoisotopic (exact) mass is 325 g/mol. The highest BCUT2D eigenvalue weighted by atomic mass is 32.2. The third-order valence-electron chi connectivity index (χ3n) is 2.94. The molecule has 0 saturated heterocycles. The molecule has 21 heavy (non-hydrogen) atoms. The Morgan fingerprint density at radius 2 is 2.05 bits per heavy atom. The first-order valence-corrected chi connectivity index (χ1v) is 8.95. The number of hydrogen-bond acceptors (Lipinski definition) is 5. The number of nitrogens with zero attached hydrogens (tertiary/aromatic N) is 2. The zero-order chi connectivity index (χ0) is 15.7. The van der Waals surface area contributed by atoms with Gasteiger partial charge in [0.05, 0.1) is 11.7 Å². The molecule has 2 aromatic heterocycles. The summed E-state index contributed by atoms with van der Waals surface area (Å²) < 4.78 is 27.1. The van der Waals surface area contributed by atoms with Crippen LogP contribution in [-0.2, 0) is 15.4 Å². The number of sulfonamides is 1. The fraction of sp³-hybridized carbons (Fsp3) is 0.429. The summed E-state index contributed by atoms with van der Waals surface area (Å²) in [5, 5.41) is 2.73. The molecule has 0 saturated carbocycles. The summed E-state index contributed by atoms with van der Waals surface area (Å²) in [6.07, 6.45) is 2.87. The molecule has 0 aliphatic rings. The van der Waals surface area contributed by atoms with Crippen LogP contribution in [0.5, 0.6) is 0 Å². The molecule has 7 heteroatoms. The highest BCUT2D eigenvalue weighted by molar-refractivity contribution is 7.89. The second-order valence-electron chi connectivity index (χ2n) is 5.85. The molecular formula is C14H19N3O2S2. The van der Waals surface area contributed by atoms with Gasteiger partial charge in [-0.15, -0.1) is 11.3 Å². The molecule has 2 heterocycles. The van der Waals surface area contributed by atoms with Gasteiger partial charge in [0.1, 0.15) is 9.90 Å². The van der Waals surface area contributed by atoms with E-state index in [2.05, 4.69) is 35.5 Å². The maximum absolute atomic E-state index is 12.2. The molecule has 0 amide bonds. The summed E-state index contributed by atoms with van der Waals surface area (Å²) in [6, 6.07) is 2.74. The minimum Gasteiger partial charge on any atom is -0.263 e. The molecule has 0 spiro atoms. The fourth-order valence-corrected chi connectivity index (χ4v) is 3.99. The van der Waals surface area contributed by atoms with Crippen molar-refractivity contribution in [1.29, 1.82) is 0 Å². The Hall–Kier alpha value is -1.31. The smallest absolute Gasteiger partial charge is 0.242 e. The van der Waals surface area contributed by atoms with Gasteiger partial charge in [-0.3, -0.25) is 4.98 Å². The Morgan fingerprint density at radius 3 is 2.57 bits per heavy atom. The molecule has 1 atom stereocenters. The molecule has 0 unspecified atom stereocenters. The molecular weight excluding hydrogens is 306 g/mol. The standard InChI is InChI=1S/C14H19N3O2S2/c1-10(13-16-12(9-20-13)14(2,3)4)17-21(18,19)11-6-5-7-15-8-11/h5-10,17H,1-4H3/t10-/m0/s1. The Morgan fingerprint density at radius 1 is 1.33 bits per heavy atom. The predicted octanol–water partition coefficient (Wildman–Crippen LogP) is 2.88. The van der Waals surface area contributed by atoms with Gasteiger partial charge in [-0.1, -0.05) is 20.8 Å². The van der Waals surface area contributed by atoms with Crippen LogP contribution in [0.2, 0.25) is 0 Å². The summed E-state index contributed by atoms with van der Waals surface area (Å²) >= 11 is 1.47. The first-order valence-electron chi connectivity index (χ1n) is 6.58. The lowest BCUT2D eigenvalue weighted by atomic mass is 9.93. The van der Waals surface area contributed by atoms with Crippen molar-refractivity contribution >= 4 is 21.4 Å². The van der Waals surface area contributed by atoms with Crippen LogP contribution in [0.1, 0.15) is 44.4 Å². The van der Waals surface area contributed by atoms with Crippen molar-refractivity contribution in [2.75, 3.05) is 0 Å². The zero-order valence-electron chi connectivity index (χ0n) is 12.5. The van der Waals surface area contributed by atoms with Gasteiger partial charge < -0.3 is 0 Å². The first-order chi connectivity index (χ1) is 9.70. The molecule has 5 nitrogen and oxygen atoms in total. The van der Waals surface area contributed by atoms with E-state index in [1.807, 2.05) is 5.38 Å². The summed E-state index contributed by atoms with van der Waals surface area (Å²) in [5.41, 5.74) is 0.923. The van der Waals surface area contributed by atoms with Crippen molar-refractivity contribution in [1.82, 2.24) is 14.7 Å². The van der Waals surface area contributed by atoms with E-state index < -0.39 is 10.0 Å². The van der Waals surface area contributed by atoms with Crippen LogP contribution in [-0.4, -0.2) is 18.4 Å². The SMILES string of the molecule is C[C@H](NS(=O)(=O)c1cccnc1)c1nc(C(C)(C)C)cs1. The first kappa shape index (κ1) is 16.1. The van der Waals surface area contributed by atoms with Gasteiger partial charge in [0.25, 0.3) is 0 Å². The molecule has 1 N–H and O–H groups in total. The van der Waals surface area contributed by atoms with Crippen molar-refractivity contribution in [2.45, 2.75) is 44.0 Å².